The van der Waals surface area contributed by atoms with Gasteiger partial charge in [0.05, 0.1) is 7.11 Å². The summed E-state index contributed by atoms with van der Waals surface area (Å²) in [5.74, 6) is -0.126. The summed E-state index contributed by atoms with van der Waals surface area (Å²) in [5.41, 5.74) is 1.45. The van der Waals surface area contributed by atoms with E-state index in [2.05, 4.69) is 23.3 Å². The lowest BCUT2D eigenvalue weighted by atomic mass is 10.0. The minimum Gasteiger partial charge on any atom is -0.497 e. The molecular formula is C26H35N3O5S. The molecule has 2 N–H and O–H groups in total. The summed E-state index contributed by atoms with van der Waals surface area (Å²) in [6.07, 6.45) is -0.726. The second-order valence-corrected chi connectivity index (χ2v) is 9.41. The molecule has 2 aromatic carbocycles. The number of aryl methyl sites for hydroxylation is 1. The fourth-order valence-electron chi connectivity index (χ4n) is 3.50. The van der Waals surface area contributed by atoms with Gasteiger partial charge in [-0.25, -0.2) is 4.79 Å². The number of nitrogens with one attached hydrogen (secondary N) is 2. The smallest absolute Gasteiger partial charge is 0.408 e. The Morgan fingerprint density at radius 1 is 1.09 bits per heavy atom. The molecule has 0 spiro atoms. The molecule has 190 valence electrons. The molecule has 2 rings (SSSR count). The van der Waals surface area contributed by atoms with Crippen molar-refractivity contribution in [2.24, 2.45) is 0 Å². The van der Waals surface area contributed by atoms with E-state index in [1.807, 2.05) is 25.1 Å². The van der Waals surface area contributed by atoms with Gasteiger partial charge in [0.1, 0.15) is 23.4 Å². The van der Waals surface area contributed by atoms with Crippen LogP contribution in [-0.2, 0) is 14.3 Å². The van der Waals surface area contributed by atoms with E-state index in [1.165, 1.54) is 4.90 Å². The van der Waals surface area contributed by atoms with Crippen molar-refractivity contribution < 1.29 is 23.9 Å². The van der Waals surface area contributed by atoms with Crippen LogP contribution < -0.4 is 15.4 Å². The number of benzene rings is 2. The molecule has 0 aliphatic rings. The van der Waals surface area contributed by atoms with Gasteiger partial charge in [0, 0.05) is 18.0 Å². The molecule has 2 atom stereocenters. The molecule has 0 bridgehead atoms. The van der Waals surface area contributed by atoms with E-state index in [4.69, 9.17) is 9.47 Å². The summed E-state index contributed by atoms with van der Waals surface area (Å²) >= 11 is 4.27. The molecule has 0 radical (unpaired) electrons. The van der Waals surface area contributed by atoms with Gasteiger partial charge >= 0.3 is 6.09 Å². The first-order valence-corrected chi connectivity index (χ1v) is 12.0. The van der Waals surface area contributed by atoms with Crippen molar-refractivity contribution in [3.63, 3.8) is 0 Å². The van der Waals surface area contributed by atoms with E-state index in [0.717, 1.165) is 5.56 Å². The summed E-state index contributed by atoms with van der Waals surface area (Å²) in [6, 6.07) is 12.4. The second kappa shape index (κ2) is 12.5. The summed E-state index contributed by atoms with van der Waals surface area (Å²) in [5, 5.41) is 5.47. The van der Waals surface area contributed by atoms with E-state index in [0.29, 0.717) is 17.0 Å². The summed E-state index contributed by atoms with van der Waals surface area (Å²) in [4.78, 5) is 40.9. The highest BCUT2D eigenvalue weighted by atomic mass is 32.1. The molecule has 2 aromatic rings. The maximum Gasteiger partial charge on any atom is 0.408 e. The fourth-order valence-corrected chi connectivity index (χ4v) is 3.75. The maximum atomic E-state index is 13.6. The van der Waals surface area contributed by atoms with Crippen LogP contribution >= 0.6 is 12.6 Å². The topological polar surface area (TPSA) is 97.0 Å². The molecular weight excluding hydrogens is 466 g/mol. The Hall–Kier alpha value is -3.20. The second-order valence-electron chi connectivity index (χ2n) is 9.04. The number of amides is 3. The Bertz CT molecular complexity index is 1020. The van der Waals surface area contributed by atoms with E-state index < -0.39 is 29.7 Å². The molecule has 0 heterocycles. The number of thiol groups is 1. The minimum absolute atomic E-state index is 0.0369. The average molecular weight is 502 g/mol. The molecule has 0 aliphatic heterocycles. The molecule has 35 heavy (non-hydrogen) atoms. The van der Waals surface area contributed by atoms with Gasteiger partial charge < -0.3 is 25.0 Å². The number of rotatable bonds is 9. The van der Waals surface area contributed by atoms with Crippen molar-refractivity contribution in [1.29, 1.82) is 0 Å². The molecule has 0 saturated carbocycles. The third kappa shape index (κ3) is 8.20. The molecule has 9 heteroatoms. The van der Waals surface area contributed by atoms with Crippen LogP contribution in [0.15, 0.2) is 48.5 Å². The van der Waals surface area contributed by atoms with Gasteiger partial charge in [0.2, 0.25) is 5.91 Å². The molecule has 8 nitrogen and oxygen atoms in total. The highest BCUT2D eigenvalue weighted by molar-refractivity contribution is 7.80. The third-order valence-corrected chi connectivity index (χ3v) is 5.44. The van der Waals surface area contributed by atoms with Gasteiger partial charge in [-0.2, -0.15) is 12.6 Å². The van der Waals surface area contributed by atoms with Crippen LogP contribution in [0.1, 0.15) is 44.9 Å². The Kier molecular flexibility index (Phi) is 10.0. The largest absolute Gasteiger partial charge is 0.497 e. The molecule has 0 fully saturated rings. The SMILES string of the molecule is CCN(C(=O)C(CS)NC(=O)OC(C)(C)C)C(C(=O)Nc1ccc(OC)cc1)c1cccc(C)c1. The standard InChI is InChI=1S/C26H35N3O5S/c1-7-29(24(31)21(16-35)28-25(32)34-26(3,4)5)22(18-10-8-9-17(2)15-18)23(30)27-19-11-13-20(33-6)14-12-19/h8-15,21-22,35H,7,16H2,1-6H3,(H,27,30)(H,28,32). The van der Waals surface area contributed by atoms with Crippen molar-refractivity contribution >= 4 is 36.2 Å². The van der Waals surface area contributed by atoms with Crippen LogP contribution in [0.5, 0.6) is 5.75 Å². The number of likely N-dealkylation sites (N-methyl/N-ethyl adjacent to an activating group) is 1. The first kappa shape index (κ1) is 28.0. The van der Waals surface area contributed by atoms with Gasteiger partial charge in [-0.15, -0.1) is 0 Å². The van der Waals surface area contributed by atoms with E-state index in [1.54, 1.807) is 65.1 Å². The number of alkyl carbamates (subject to hydrolysis) is 1. The Balaban J connectivity index is 2.37. The van der Waals surface area contributed by atoms with Gasteiger partial charge in [-0.3, -0.25) is 9.59 Å². The van der Waals surface area contributed by atoms with Gasteiger partial charge in [0.25, 0.3) is 5.91 Å². The predicted octanol–water partition coefficient (Wildman–Crippen LogP) is 4.36. The van der Waals surface area contributed by atoms with Crippen LogP contribution in [-0.4, -0.2) is 53.9 Å². The Labute approximate surface area is 212 Å². The maximum absolute atomic E-state index is 13.6. The van der Waals surface area contributed by atoms with Crippen LogP contribution in [0.4, 0.5) is 10.5 Å². The normalized spacial score (nSPS) is 12.8. The number of methoxy groups -OCH3 is 1. The Morgan fingerprint density at radius 3 is 2.26 bits per heavy atom. The van der Waals surface area contributed by atoms with Crippen LogP contribution in [0, 0.1) is 6.92 Å². The van der Waals surface area contributed by atoms with E-state index in [-0.39, 0.29) is 18.2 Å². The highest BCUT2D eigenvalue weighted by Gasteiger charge is 2.35. The minimum atomic E-state index is -0.978. The lowest BCUT2D eigenvalue weighted by Crippen LogP contribution is -2.53. The van der Waals surface area contributed by atoms with Crippen LogP contribution in [0.2, 0.25) is 0 Å². The van der Waals surface area contributed by atoms with Gasteiger partial charge in [-0.05, 0) is 64.4 Å². The quantitative estimate of drug-likeness (QED) is 0.444. The van der Waals surface area contributed by atoms with Crippen LogP contribution in [0.25, 0.3) is 0 Å². The van der Waals surface area contributed by atoms with Gasteiger partial charge in [-0.1, -0.05) is 29.8 Å². The van der Waals surface area contributed by atoms with E-state index in [9.17, 15) is 14.4 Å². The first-order chi connectivity index (χ1) is 16.5. The zero-order chi connectivity index (χ0) is 26.2. The molecule has 0 aromatic heterocycles. The first-order valence-electron chi connectivity index (χ1n) is 11.4. The highest BCUT2D eigenvalue weighted by Crippen LogP contribution is 2.26. The lowest BCUT2D eigenvalue weighted by molar-refractivity contribution is -0.140. The van der Waals surface area contributed by atoms with Crippen molar-refractivity contribution in [3.05, 3.63) is 59.7 Å². The molecule has 0 saturated heterocycles. The molecule has 0 aliphatic carbocycles. The van der Waals surface area contributed by atoms with Crippen molar-refractivity contribution in [1.82, 2.24) is 10.2 Å². The summed E-state index contributed by atoms with van der Waals surface area (Å²) < 4.78 is 10.5. The zero-order valence-corrected chi connectivity index (χ0v) is 22.0. The van der Waals surface area contributed by atoms with Crippen molar-refractivity contribution in [2.75, 3.05) is 24.7 Å². The molecule has 3 amide bonds. The molecule has 2 unspecified atom stereocenters. The van der Waals surface area contributed by atoms with Crippen LogP contribution in [0.3, 0.4) is 0 Å². The summed E-state index contributed by atoms with van der Waals surface area (Å²) in [6.45, 7) is 9.14. The number of carbonyl (C=O) groups is 3. The van der Waals surface area contributed by atoms with Crippen molar-refractivity contribution in [2.45, 2.75) is 52.3 Å². The number of anilines is 1. The predicted molar refractivity (Wildman–Crippen MR) is 140 cm³/mol. The van der Waals surface area contributed by atoms with Crippen molar-refractivity contribution in [3.8, 4) is 5.75 Å². The lowest BCUT2D eigenvalue weighted by Gasteiger charge is -2.33. The van der Waals surface area contributed by atoms with Gasteiger partial charge in [0.15, 0.2) is 0 Å². The number of hydrogen-bond acceptors (Lipinski definition) is 6. The van der Waals surface area contributed by atoms with E-state index >= 15 is 0 Å². The average Bonchev–Trinajstić information content (AvgIpc) is 2.79. The number of hydrogen-bond donors (Lipinski definition) is 3. The fraction of sp³-hybridized carbons (Fsp3) is 0.423. The number of nitrogens with zero attached hydrogens (tertiary/aromatic N) is 1. The third-order valence-electron chi connectivity index (χ3n) is 5.07. The monoisotopic (exact) mass is 501 g/mol. The summed E-state index contributed by atoms with van der Waals surface area (Å²) in [7, 11) is 1.56. The number of carbonyl (C=O) groups excluding carboxylic acids is 3. The Morgan fingerprint density at radius 2 is 1.74 bits per heavy atom. The zero-order valence-electron chi connectivity index (χ0n) is 21.1. The number of ether oxygens (including phenoxy) is 2.